The molecule has 0 amide bonds. The van der Waals surface area contributed by atoms with E-state index in [1.807, 2.05) is 0 Å². The van der Waals surface area contributed by atoms with Crippen molar-refractivity contribution in [3.8, 4) is 0 Å². The van der Waals surface area contributed by atoms with Crippen LogP contribution in [0.15, 0.2) is 0 Å². The monoisotopic (exact) mass is 665 g/mol. The summed E-state index contributed by atoms with van der Waals surface area (Å²) in [5, 5.41) is -7.76. The maximum Gasteiger partial charge on any atom is 0.469 e. The zero-order valence-corrected chi connectivity index (χ0v) is 19.8. The topological polar surface area (TPSA) is 104 Å². The molecule has 0 aromatic heterocycles. The summed E-state index contributed by atoms with van der Waals surface area (Å²) in [4.78, 5) is 16.8. The first kappa shape index (κ1) is 37.8. The molecule has 236 valence electrons. The van der Waals surface area contributed by atoms with E-state index in [4.69, 9.17) is 9.79 Å². The highest BCUT2D eigenvalue weighted by atomic mass is 32.2. The quantitative estimate of drug-likeness (QED) is 0.198. The molecule has 0 unspecified atom stereocenters. The molecule has 0 aliphatic rings. The molecule has 0 fully saturated rings. The van der Waals surface area contributed by atoms with Crippen LogP contribution < -0.4 is 0 Å². The molecule has 0 radical (unpaired) electrons. The Morgan fingerprint density at radius 3 is 1.28 bits per heavy atom. The fourth-order valence-electron chi connectivity index (χ4n) is 2.34. The third-order valence-corrected chi connectivity index (χ3v) is 6.90. The van der Waals surface area contributed by atoms with Crippen LogP contribution in [0.1, 0.15) is 13.3 Å². The van der Waals surface area contributed by atoms with Crippen molar-refractivity contribution in [1.82, 2.24) is 4.31 Å². The van der Waals surface area contributed by atoms with Gasteiger partial charge in [-0.2, -0.15) is 78.9 Å². The van der Waals surface area contributed by atoms with Gasteiger partial charge in [-0.05, 0) is 6.42 Å². The van der Waals surface area contributed by atoms with Gasteiger partial charge in [0.2, 0.25) is 0 Å². The Hall–Kier alpha value is -1.17. The predicted octanol–water partition coefficient (Wildman–Crippen LogP) is 5.10. The fourth-order valence-corrected chi connectivity index (χ4v) is 4.17. The summed E-state index contributed by atoms with van der Waals surface area (Å²) in [7, 11) is -13.1. The summed E-state index contributed by atoms with van der Waals surface area (Å²) < 4.78 is 263. The third-order valence-electron chi connectivity index (χ3n) is 4.43. The first-order valence-electron chi connectivity index (χ1n) is 9.08. The fraction of sp³-hybridized carbons (Fsp3) is 1.00. The molecule has 0 aliphatic carbocycles. The SMILES string of the molecule is CCCN(CCOP(=O)(O)O)S(=O)(=O)C(F)(F)C(F)(F)C(F)(F)C(F)(F)C(F)(F)C(F)(F)C(F)(F)C(F)(F)F. The lowest BCUT2D eigenvalue weighted by Gasteiger charge is -2.43. The standard InChI is InChI=1S/C13H13F17NO6PS/c1-2-3-31(4-5-37-38(32,33)34)39(35,36)13(29,30)11(24,25)9(20,21)7(16,17)6(14,15)8(18,19)10(22,23)12(26,27)28/h2-5H2,1H3,(H2,32,33,34). The average Bonchev–Trinajstić information content (AvgIpc) is 2.70. The van der Waals surface area contributed by atoms with Crippen molar-refractivity contribution in [2.24, 2.45) is 0 Å². The third kappa shape index (κ3) is 5.93. The Balaban J connectivity index is 6.91. The van der Waals surface area contributed by atoms with Gasteiger partial charge in [-0.1, -0.05) is 6.92 Å². The lowest BCUT2D eigenvalue weighted by molar-refractivity contribution is -0.458. The largest absolute Gasteiger partial charge is 0.469 e. The average molecular weight is 665 g/mol. The van der Waals surface area contributed by atoms with E-state index in [1.165, 1.54) is 0 Å². The second-order valence-electron chi connectivity index (χ2n) is 7.19. The minimum absolute atomic E-state index is 0.750. The van der Waals surface area contributed by atoms with E-state index in [-0.39, 0.29) is 0 Å². The van der Waals surface area contributed by atoms with Crippen LogP contribution in [0, 0.1) is 0 Å². The van der Waals surface area contributed by atoms with Gasteiger partial charge < -0.3 is 9.79 Å². The second-order valence-corrected chi connectivity index (χ2v) is 10.4. The highest BCUT2D eigenvalue weighted by Crippen LogP contribution is 2.64. The Morgan fingerprint density at radius 1 is 0.641 bits per heavy atom. The van der Waals surface area contributed by atoms with Gasteiger partial charge in [-0.15, -0.1) is 0 Å². The molecule has 0 rings (SSSR count). The van der Waals surface area contributed by atoms with Gasteiger partial charge >= 0.3 is 54.8 Å². The maximum absolute atomic E-state index is 14.2. The number of phosphoric acid groups is 1. The number of nitrogens with zero attached hydrogens (tertiary/aromatic N) is 1. The Kier molecular flexibility index (Phi) is 10.3. The number of rotatable bonds is 14. The van der Waals surface area contributed by atoms with Crippen molar-refractivity contribution in [3.63, 3.8) is 0 Å². The van der Waals surface area contributed by atoms with Crippen molar-refractivity contribution in [1.29, 1.82) is 0 Å². The van der Waals surface area contributed by atoms with Gasteiger partial charge in [0, 0.05) is 13.1 Å². The molecule has 39 heavy (non-hydrogen) atoms. The molecule has 0 saturated heterocycles. The summed E-state index contributed by atoms with van der Waals surface area (Å²) in [5.74, 6) is -52.3. The molecule has 26 heteroatoms. The minimum Gasteiger partial charge on any atom is -0.303 e. The highest BCUT2D eigenvalue weighted by Gasteiger charge is 2.96. The van der Waals surface area contributed by atoms with E-state index in [0.717, 1.165) is 6.92 Å². The van der Waals surface area contributed by atoms with Gasteiger partial charge in [0.15, 0.2) is 0 Å². The molecule has 2 N–H and O–H groups in total. The molecule has 0 heterocycles. The number of halogens is 17. The molecule has 0 bridgehead atoms. The molecular formula is C13H13F17NO6PS. The van der Waals surface area contributed by atoms with Crippen LogP contribution in [0.3, 0.4) is 0 Å². The van der Waals surface area contributed by atoms with E-state index >= 15 is 0 Å². The minimum atomic E-state index is -8.96. The van der Waals surface area contributed by atoms with Crippen LogP contribution in [0.2, 0.25) is 0 Å². The molecule has 0 atom stereocenters. The number of hydrogen-bond acceptors (Lipinski definition) is 4. The molecule has 7 nitrogen and oxygen atoms in total. The lowest BCUT2D eigenvalue weighted by atomic mass is 9.91. The molecule has 0 aromatic carbocycles. The number of phosphoric ester groups is 1. The van der Waals surface area contributed by atoms with Gasteiger partial charge in [0.25, 0.3) is 10.0 Å². The van der Waals surface area contributed by atoms with Crippen LogP contribution in [0.5, 0.6) is 0 Å². The first-order chi connectivity index (χ1) is 16.7. The summed E-state index contributed by atoms with van der Waals surface area (Å²) in [6.45, 7) is -4.21. The first-order valence-corrected chi connectivity index (χ1v) is 12.0. The van der Waals surface area contributed by atoms with E-state index in [0.29, 0.717) is 0 Å². The maximum atomic E-state index is 14.2. The second kappa shape index (κ2) is 10.6. The van der Waals surface area contributed by atoms with E-state index in [9.17, 15) is 87.6 Å². The van der Waals surface area contributed by atoms with E-state index in [1.54, 1.807) is 0 Å². The van der Waals surface area contributed by atoms with Crippen LogP contribution in [0.4, 0.5) is 74.6 Å². The zero-order valence-electron chi connectivity index (χ0n) is 18.1. The van der Waals surface area contributed by atoms with E-state index in [2.05, 4.69) is 4.52 Å². The molecule has 0 aromatic rings. The zero-order chi connectivity index (χ0) is 32.1. The van der Waals surface area contributed by atoms with Crippen molar-refractivity contribution in [3.05, 3.63) is 0 Å². The number of alkyl halides is 17. The highest BCUT2D eigenvalue weighted by molar-refractivity contribution is 7.90. The van der Waals surface area contributed by atoms with Crippen LogP contribution >= 0.6 is 7.82 Å². The van der Waals surface area contributed by atoms with Crippen molar-refractivity contribution in [2.75, 3.05) is 19.7 Å². The van der Waals surface area contributed by atoms with Crippen molar-refractivity contribution in [2.45, 2.75) is 60.3 Å². The number of hydrogen-bond donors (Lipinski definition) is 2. The van der Waals surface area contributed by atoms with Crippen molar-refractivity contribution < 1.29 is 102 Å². The van der Waals surface area contributed by atoms with Gasteiger partial charge in [-0.3, -0.25) is 4.52 Å². The smallest absolute Gasteiger partial charge is 0.303 e. The van der Waals surface area contributed by atoms with Gasteiger partial charge in [0.05, 0.1) is 6.61 Å². The van der Waals surface area contributed by atoms with Gasteiger partial charge in [0.1, 0.15) is 0 Å². The van der Waals surface area contributed by atoms with Gasteiger partial charge in [-0.25, -0.2) is 13.0 Å². The summed E-state index contributed by atoms with van der Waals surface area (Å²) in [6.07, 6.45) is -8.68. The Bertz CT molecular complexity index is 1020. The molecule has 0 saturated carbocycles. The summed E-state index contributed by atoms with van der Waals surface area (Å²) >= 11 is 0. The summed E-state index contributed by atoms with van der Waals surface area (Å²) in [6, 6.07) is 0. The Labute approximate surface area is 205 Å². The summed E-state index contributed by atoms with van der Waals surface area (Å²) in [5.41, 5.74) is 0. The van der Waals surface area contributed by atoms with E-state index < -0.39 is 95.2 Å². The van der Waals surface area contributed by atoms with Crippen LogP contribution in [-0.2, 0) is 19.1 Å². The van der Waals surface area contributed by atoms with Crippen molar-refractivity contribution >= 4 is 17.8 Å². The van der Waals surface area contributed by atoms with Crippen LogP contribution in [-0.4, -0.2) is 89.2 Å². The number of sulfonamides is 1. The Morgan fingerprint density at radius 2 is 0.974 bits per heavy atom. The molecular weight excluding hydrogens is 652 g/mol. The van der Waals surface area contributed by atoms with Crippen LogP contribution in [0.25, 0.3) is 0 Å². The normalized spacial score (nSPS) is 16.2. The predicted molar refractivity (Wildman–Crippen MR) is 89.5 cm³/mol. The lowest BCUT2D eigenvalue weighted by Crippen LogP contribution is -2.75. The molecule has 0 spiro atoms. The molecule has 0 aliphatic heterocycles.